The standard InChI is InChI=1S/C23H24N6O3/c1-23(2)7-5-13(6-8-23)20-17(28-22(32)21-25-12-15(11-24)26-21)4-3-16(27-20)14-9-18(30)29-19(31)10-14/h3-5,12,14H,6-10H2,1-2H3,(H,25,26)(H,28,32)(H,29,30,31)/p+1. The second-order valence-corrected chi connectivity index (χ2v) is 9.04. The van der Waals surface area contributed by atoms with Gasteiger partial charge in [0.2, 0.25) is 0 Å². The number of amides is 2. The van der Waals surface area contributed by atoms with Gasteiger partial charge in [0.15, 0.2) is 5.82 Å². The van der Waals surface area contributed by atoms with Crippen molar-refractivity contribution in [2.75, 3.05) is 5.32 Å². The fourth-order valence-electron chi connectivity index (χ4n) is 4.02. The Morgan fingerprint density at radius 1 is 1.38 bits per heavy atom. The molecular weight excluding hydrogens is 408 g/mol. The largest absolute Gasteiger partial charge is 0.463 e. The highest BCUT2D eigenvalue weighted by atomic mass is 16.3. The number of aromatic amines is 1. The second-order valence-electron chi connectivity index (χ2n) is 9.04. The Hall–Kier alpha value is -3.80. The summed E-state index contributed by atoms with van der Waals surface area (Å²) in [6.07, 6.45) is 6.70. The van der Waals surface area contributed by atoms with E-state index in [1.54, 1.807) is 12.1 Å². The number of carbonyl (C=O) groups excluding carboxylic acids is 2. The highest BCUT2D eigenvalue weighted by Crippen LogP contribution is 2.40. The maximum Gasteiger partial charge on any atom is 0.388 e. The quantitative estimate of drug-likeness (QED) is 0.580. The molecule has 164 valence electrons. The summed E-state index contributed by atoms with van der Waals surface area (Å²) in [4.78, 5) is 38.5. The van der Waals surface area contributed by atoms with Gasteiger partial charge in [-0.05, 0) is 42.4 Å². The number of allylic oxidation sites excluding steroid dienone is 2. The molecule has 2 aromatic rings. The van der Waals surface area contributed by atoms with Crippen LogP contribution in [0, 0.1) is 16.7 Å². The van der Waals surface area contributed by atoms with Crippen molar-refractivity contribution in [1.29, 1.82) is 5.26 Å². The number of nitrogens with zero attached hydrogens (tertiary/aromatic N) is 3. The summed E-state index contributed by atoms with van der Waals surface area (Å²) in [6.45, 7) is 4.44. The molecule has 0 fully saturated rings. The van der Waals surface area contributed by atoms with Crippen molar-refractivity contribution in [3.8, 4) is 6.07 Å². The average molecular weight is 433 g/mol. The number of carbonyl (C=O) groups is 2. The average Bonchev–Trinajstić information content (AvgIpc) is 3.23. The first-order chi connectivity index (χ1) is 15.2. The van der Waals surface area contributed by atoms with Crippen molar-refractivity contribution < 1.29 is 19.7 Å². The fourth-order valence-corrected chi connectivity index (χ4v) is 4.02. The minimum Gasteiger partial charge on any atom is -0.463 e. The number of nitrogens with one attached hydrogen (secondary N) is 3. The lowest BCUT2D eigenvalue weighted by Crippen LogP contribution is -2.79. The lowest BCUT2D eigenvalue weighted by Gasteiger charge is -2.29. The van der Waals surface area contributed by atoms with Gasteiger partial charge in [-0.25, -0.2) is 9.78 Å². The van der Waals surface area contributed by atoms with Crippen LogP contribution >= 0.6 is 0 Å². The van der Waals surface area contributed by atoms with E-state index in [0.29, 0.717) is 23.5 Å². The van der Waals surface area contributed by atoms with Crippen LogP contribution in [0.2, 0.25) is 0 Å². The molecule has 4 N–H and O–H groups in total. The SMILES string of the molecule is CC1(C)CC=C(c2nc(C3CC(=O)[NH+]=C(O)C3)ccc2NC(=O)c2ncc(C#N)[nH]2)CC1. The molecule has 32 heavy (non-hydrogen) atoms. The molecule has 9 heteroatoms. The van der Waals surface area contributed by atoms with E-state index < -0.39 is 5.91 Å². The summed E-state index contributed by atoms with van der Waals surface area (Å²) in [5, 5.41) is 21.7. The molecule has 0 bridgehead atoms. The first-order valence-electron chi connectivity index (χ1n) is 10.6. The van der Waals surface area contributed by atoms with Gasteiger partial charge >= 0.3 is 11.8 Å². The van der Waals surface area contributed by atoms with E-state index in [-0.39, 0.29) is 41.1 Å². The lowest BCUT2D eigenvalue weighted by molar-refractivity contribution is -0.392. The first-order valence-corrected chi connectivity index (χ1v) is 10.6. The minimum absolute atomic E-state index is 0.0406. The third-order valence-electron chi connectivity index (χ3n) is 5.93. The van der Waals surface area contributed by atoms with Gasteiger partial charge in [0, 0.05) is 11.6 Å². The first kappa shape index (κ1) is 21.4. The number of aliphatic hydroxyl groups excluding tert-OH is 1. The minimum atomic E-state index is -0.470. The Morgan fingerprint density at radius 3 is 2.84 bits per heavy atom. The van der Waals surface area contributed by atoms with Gasteiger partial charge in [0.05, 0.1) is 30.4 Å². The zero-order valence-corrected chi connectivity index (χ0v) is 18.0. The van der Waals surface area contributed by atoms with E-state index in [2.05, 4.69) is 40.2 Å². The Morgan fingerprint density at radius 2 is 2.19 bits per heavy atom. The van der Waals surface area contributed by atoms with Crippen molar-refractivity contribution in [3.05, 3.63) is 47.3 Å². The van der Waals surface area contributed by atoms with E-state index in [0.717, 1.165) is 24.8 Å². The highest BCUT2D eigenvalue weighted by molar-refractivity contribution is 6.03. The predicted molar refractivity (Wildman–Crippen MR) is 117 cm³/mol. The molecule has 0 radical (unpaired) electrons. The normalized spacial score (nSPS) is 20.2. The van der Waals surface area contributed by atoms with Gasteiger partial charge in [0.25, 0.3) is 5.91 Å². The van der Waals surface area contributed by atoms with Crippen LogP contribution in [0.1, 0.15) is 79.6 Å². The van der Waals surface area contributed by atoms with Gasteiger partial charge in [-0.15, -0.1) is 4.99 Å². The molecule has 0 aromatic carbocycles. The van der Waals surface area contributed by atoms with Crippen LogP contribution in [0.25, 0.3) is 5.57 Å². The molecule has 0 saturated carbocycles. The van der Waals surface area contributed by atoms with E-state index in [1.165, 1.54) is 6.20 Å². The van der Waals surface area contributed by atoms with Crippen molar-refractivity contribution in [2.24, 2.45) is 5.41 Å². The van der Waals surface area contributed by atoms with Gasteiger partial charge < -0.3 is 15.4 Å². The Labute approximate surface area is 185 Å². The number of H-pyrrole nitrogens is 1. The van der Waals surface area contributed by atoms with Crippen molar-refractivity contribution in [3.63, 3.8) is 0 Å². The zero-order valence-electron chi connectivity index (χ0n) is 18.0. The number of aromatic nitrogens is 3. The molecule has 4 rings (SSSR count). The summed E-state index contributed by atoms with van der Waals surface area (Å²) >= 11 is 0. The van der Waals surface area contributed by atoms with Crippen LogP contribution in [-0.4, -0.2) is 37.8 Å². The van der Waals surface area contributed by atoms with Crippen molar-refractivity contribution in [1.82, 2.24) is 15.0 Å². The van der Waals surface area contributed by atoms with Crippen LogP contribution in [-0.2, 0) is 4.79 Å². The summed E-state index contributed by atoms with van der Waals surface area (Å²) in [6, 6.07) is 5.45. The van der Waals surface area contributed by atoms with Gasteiger partial charge in [-0.2, -0.15) is 5.26 Å². The Bertz CT molecular complexity index is 1180. The van der Waals surface area contributed by atoms with Crippen LogP contribution < -0.4 is 10.3 Å². The van der Waals surface area contributed by atoms with Crippen LogP contribution in [0.5, 0.6) is 0 Å². The van der Waals surface area contributed by atoms with Crippen molar-refractivity contribution >= 4 is 29.0 Å². The third kappa shape index (κ3) is 4.59. The highest BCUT2D eigenvalue weighted by Gasteiger charge is 2.31. The number of rotatable bonds is 4. The fraction of sp³-hybridized carbons (Fsp3) is 0.391. The van der Waals surface area contributed by atoms with E-state index in [9.17, 15) is 14.7 Å². The topological polar surface area (TPSA) is 146 Å². The molecule has 2 amide bonds. The van der Waals surface area contributed by atoms with E-state index in [1.807, 2.05) is 6.07 Å². The predicted octanol–water partition coefficient (Wildman–Crippen LogP) is 1.96. The zero-order chi connectivity index (χ0) is 22.9. The molecule has 0 saturated heterocycles. The number of pyridine rings is 1. The molecule has 2 aromatic heterocycles. The molecular formula is C23H25N6O3+. The molecule has 1 aliphatic heterocycles. The number of aliphatic hydroxyl groups is 1. The van der Waals surface area contributed by atoms with Gasteiger partial charge in [0.1, 0.15) is 11.8 Å². The molecule has 2 aliphatic rings. The number of nitriles is 1. The molecule has 1 aliphatic carbocycles. The maximum absolute atomic E-state index is 12.7. The number of imidazole rings is 1. The molecule has 0 spiro atoms. The molecule has 3 heterocycles. The number of anilines is 1. The molecule has 1 atom stereocenters. The Kier molecular flexibility index (Phi) is 5.61. The monoisotopic (exact) mass is 433 g/mol. The van der Waals surface area contributed by atoms with Crippen LogP contribution in [0.3, 0.4) is 0 Å². The molecule has 9 nitrogen and oxygen atoms in total. The van der Waals surface area contributed by atoms with Crippen LogP contribution in [0.15, 0.2) is 24.4 Å². The summed E-state index contributed by atoms with van der Waals surface area (Å²) in [5.74, 6) is -0.974. The van der Waals surface area contributed by atoms with Gasteiger partial charge in [-0.1, -0.05) is 19.9 Å². The summed E-state index contributed by atoms with van der Waals surface area (Å²) < 4.78 is 0. The maximum atomic E-state index is 12.7. The second kappa shape index (κ2) is 8.38. The van der Waals surface area contributed by atoms with E-state index in [4.69, 9.17) is 10.2 Å². The smallest absolute Gasteiger partial charge is 0.388 e. The van der Waals surface area contributed by atoms with Crippen molar-refractivity contribution in [2.45, 2.75) is 51.9 Å². The summed E-state index contributed by atoms with van der Waals surface area (Å²) in [7, 11) is 0. The van der Waals surface area contributed by atoms with Gasteiger partial charge in [-0.3, -0.25) is 9.78 Å². The lowest BCUT2D eigenvalue weighted by atomic mass is 9.77. The van der Waals surface area contributed by atoms with Crippen LogP contribution in [0.4, 0.5) is 5.69 Å². The van der Waals surface area contributed by atoms with E-state index >= 15 is 0 Å². The number of hydrogen-bond donors (Lipinski definition) is 4. The third-order valence-corrected chi connectivity index (χ3v) is 5.93. The number of hydrogen-bond acceptors (Lipinski definition) is 5. The summed E-state index contributed by atoms with van der Waals surface area (Å²) in [5.41, 5.74) is 3.32. The Balaban J connectivity index is 1.68. The molecule has 1 unspecified atom stereocenters.